The van der Waals surface area contributed by atoms with Gasteiger partial charge in [0.2, 0.25) is 0 Å². The minimum atomic E-state index is -0.944. The Balaban J connectivity index is 1.69. The topological polar surface area (TPSA) is 116 Å². The zero-order chi connectivity index (χ0) is 21.0. The Kier molecular flexibility index (Phi) is 5.68. The zero-order valence-electron chi connectivity index (χ0n) is 15.8. The first-order valence-electron chi connectivity index (χ1n) is 8.70. The van der Waals surface area contributed by atoms with E-state index in [9.17, 15) is 19.7 Å². The number of nitrogens with one attached hydrogen (secondary N) is 1. The van der Waals surface area contributed by atoms with Crippen LogP contribution in [0.3, 0.4) is 0 Å². The lowest BCUT2D eigenvalue weighted by Crippen LogP contribution is -2.22. The van der Waals surface area contributed by atoms with Crippen LogP contribution in [0.4, 0.5) is 11.4 Å². The number of benzene rings is 2. The molecule has 0 bridgehead atoms. The summed E-state index contributed by atoms with van der Waals surface area (Å²) in [4.78, 5) is 34.7. The van der Waals surface area contributed by atoms with Crippen molar-refractivity contribution in [1.82, 2.24) is 9.78 Å². The van der Waals surface area contributed by atoms with Gasteiger partial charge in [0.1, 0.15) is 5.56 Å². The van der Waals surface area contributed by atoms with Gasteiger partial charge in [-0.2, -0.15) is 5.10 Å². The van der Waals surface area contributed by atoms with E-state index < -0.39 is 23.4 Å². The zero-order valence-corrected chi connectivity index (χ0v) is 15.8. The van der Waals surface area contributed by atoms with Crippen LogP contribution in [0, 0.1) is 24.0 Å². The Bertz CT molecular complexity index is 1080. The smallest absolute Gasteiger partial charge is 0.345 e. The summed E-state index contributed by atoms with van der Waals surface area (Å²) in [6.07, 6.45) is 0. The molecule has 9 nitrogen and oxygen atoms in total. The van der Waals surface area contributed by atoms with E-state index in [4.69, 9.17) is 4.74 Å². The van der Waals surface area contributed by atoms with Crippen LogP contribution in [0.5, 0.6) is 0 Å². The largest absolute Gasteiger partial charge is 0.452 e. The fourth-order valence-electron chi connectivity index (χ4n) is 2.83. The molecule has 0 radical (unpaired) electrons. The quantitative estimate of drug-likeness (QED) is 0.390. The molecule has 0 spiro atoms. The van der Waals surface area contributed by atoms with Crippen LogP contribution in [-0.4, -0.2) is 33.2 Å². The van der Waals surface area contributed by atoms with Gasteiger partial charge in [-0.05, 0) is 32.0 Å². The van der Waals surface area contributed by atoms with Gasteiger partial charge in [0.05, 0.1) is 27.7 Å². The number of carbonyl (C=O) groups is 2. The normalized spacial score (nSPS) is 10.4. The van der Waals surface area contributed by atoms with Crippen LogP contribution in [0.2, 0.25) is 0 Å². The van der Waals surface area contributed by atoms with E-state index in [1.54, 1.807) is 11.6 Å². The molecule has 0 fully saturated rings. The second-order valence-electron chi connectivity index (χ2n) is 6.19. The number of carbonyl (C=O) groups excluding carboxylic acids is 2. The van der Waals surface area contributed by atoms with Crippen molar-refractivity contribution in [2.24, 2.45) is 0 Å². The van der Waals surface area contributed by atoms with Gasteiger partial charge in [-0.3, -0.25) is 14.9 Å². The SMILES string of the molecule is Cc1nn(-c2ccccc2)c(C)c1NC(=O)COC(=O)c1ccccc1[N+](=O)[O-]. The van der Waals surface area contributed by atoms with Gasteiger partial charge >= 0.3 is 5.97 Å². The molecule has 3 aromatic rings. The number of hydrogen-bond acceptors (Lipinski definition) is 6. The average Bonchev–Trinajstić information content (AvgIpc) is 3.00. The molecule has 1 aromatic heterocycles. The van der Waals surface area contributed by atoms with E-state index in [1.165, 1.54) is 24.3 Å². The second-order valence-corrected chi connectivity index (χ2v) is 6.19. The number of amides is 1. The molecule has 0 unspecified atom stereocenters. The van der Waals surface area contributed by atoms with Crippen molar-refractivity contribution in [3.8, 4) is 5.69 Å². The van der Waals surface area contributed by atoms with Crippen LogP contribution in [0.1, 0.15) is 21.7 Å². The number of aromatic nitrogens is 2. The third-order valence-corrected chi connectivity index (χ3v) is 4.21. The standard InChI is InChI=1S/C20H18N4O5/c1-13-19(14(2)23(22-13)15-8-4-3-5-9-15)21-18(25)12-29-20(26)16-10-6-7-11-17(16)24(27)28/h3-11H,12H2,1-2H3,(H,21,25). The fourth-order valence-corrected chi connectivity index (χ4v) is 2.83. The number of para-hydroxylation sites is 2. The number of nitro benzene ring substituents is 1. The Hall–Kier alpha value is -4.01. The molecule has 0 atom stereocenters. The molecular weight excluding hydrogens is 376 g/mol. The summed E-state index contributed by atoms with van der Waals surface area (Å²) < 4.78 is 6.64. The Morgan fingerprint density at radius 1 is 1.10 bits per heavy atom. The summed E-state index contributed by atoms with van der Waals surface area (Å²) in [6, 6.07) is 14.8. The number of nitro groups is 1. The van der Waals surface area contributed by atoms with Gasteiger partial charge < -0.3 is 10.1 Å². The predicted octanol–water partition coefficient (Wildman–Crippen LogP) is 3.19. The molecule has 29 heavy (non-hydrogen) atoms. The molecule has 0 aliphatic carbocycles. The molecule has 9 heteroatoms. The van der Waals surface area contributed by atoms with Crippen LogP contribution < -0.4 is 5.32 Å². The lowest BCUT2D eigenvalue weighted by Gasteiger charge is -2.08. The number of hydrogen-bond donors (Lipinski definition) is 1. The molecule has 1 N–H and O–H groups in total. The molecule has 148 valence electrons. The lowest BCUT2D eigenvalue weighted by molar-refractivity contribution is -0.385. The first kappa shape index (κ1) is 19.7. The number of ether oxygens (including phenoxy) is 1. The monoisotopic (exact) mass is 394 g/mol. The maximum absolute atomic E-state index is 12.3. The summed E-state index contributed by atoms with van der Waals surface area (Å²) in [5, 5.41) is 18.1. The van der Waals surface area contributed by atoms with E-state index in [1.807, 2.05) is 37.3 Å². The molecule has 1 heterocycles. The highest BCUT2D eigenvalue weighted by molar-refractivity contribution is 5.97. The van der Waals surface area contributed by atoms with Crippen molar-refractivity contribution >= 4 is 23.3 Å². The highest BCUT2D eigenvalue weighted by Crippen LogP contribution is 2.23. The lowest BCUT2D eigenvalue weighted by atomic mass is 10.2. The number of aryl methyl sites for hydroxylation is 1. The van der Waals surface area contributed by atoms with Gasteiger partial charge in [0.15, 0.2) is 6.61 Å². The van der Waals surface area contributed by atoms with Gasteiger partial charge in [-0.15, -0.1) is 0 Å². The number of anilines is 1. The van der Waals surface area contributed by atoms with Crippen molar-refractivity contribution in [2.75, 3.05) is 11.9 Å². The number of rotatable bonds is 6. The summed E-state index contributed by atoms with van der Waals surface area (Å²) in [5.74, 6) is -1.52. The molecule has 0 saturated carbocycles. The third-order valence-electron chi connectivity index (χ3n) is 4.21. The third kappa shape index (κ3) is 4.29. The van der Waals surface area contributed by atoms with E-state index in [2.05, 4.69) is 10.4 Å². The molecule has 3 rings (SSSR count). The Morgan fingerprint density at radius 3 is 2.45 bits per heavy atom. The summed E-state index contributed by atoms with van der Waals surface area (Å²) in [7, 11) is 0. The first-order valence-corrected chi connectivity index (χ1v) is 8.70. The Morgan fingerprint density at radius 2 is 1.76 bits per heavy atom. The molecule has 0 saturated heterocycles. The van der Waals surface area contributed by atoms with Crippen molar-refractivity contribution in [2.45, 2.75) is 13.8 Å². The minimum absolute atomic E-state index is 0.213. The van der Waals surface area contributed by atoms with Crippen LogP contribution in [0.25, 0.3) is 5.69 Å². The van der Waals surface area contributed by atoms with E-state index >= 15 is 0 Å². The van der Waals surface area contributed by atoms with Crippen LogP contribution >= 0.6 is 0 Å². The van der Waals surface area contributed by atoms with Gasteiger partial charge in [0.25, 0.3) is 11.6 Å². The summed E-state index contributed by atoms with van der Waals surface area (Å²) in [6.45, 7) is 2.98. The highest BCUT2D eigenvalue weighted by Gasteiger charge is 2.22. The number of esters is 1. The van der Waals surface area contributed by atoms with Crippen molar-refractivity contribution in [3.05, 3.63) is 81.7 Å². The molecule has 1 amide bonds. The van der Waals surface area contributed by atoms with E-state index in [0.29, 0.717) is 17.1 Å². The minimum Gasteiger partial charge on any atom is -0.452 e. The van der Waals surface area contributed by atoms with Crippen molar-refractivity contribution in [1.29, 1.82) is 0 Å². The molecular formula is C20H18N4O5. The van der Waals surface area contributed by atoms with E-state index in [0.717, 1.165) is 5.69 Å². The highest BCUT2D eigenvalue weighted by atomic mass is 16.6. The van der Waals surface area contributed by atoms with Crippen LogP contribution in [0.15, 0.2) is 54.6 Å². The molecule has 0 aliphatic rings. The van der Waals surface area contributed by atoms with Crippen LogP contribution in [-0.2, 0) is 9.53 Å². The van der Waals surface area contributed by atoms with Gasteiger partial charge in [-0.25, -0.2) is 9.48 Å². The maximum Gasteiger partial charge on any atom is 0.345 e. The van der Waals surface area contributed by atoms with Gasteiger partial charge in [-0.1, -0.05) is 30.3 Å². The van der Waals surface area contributed by atoms with Gasteiger partial charge in [0, 0.05) is 6.07 Å². The summed E-state index contributed by atoms with van der Waals surface area (Å²) in [5.41, 5.74) is 2.08. The predicted molar refractivity (Wildman–Crippen MR) is 105 cm³/mol. The Labute approximate surface area is 166 Å². The van der Waals surface area contributed by atoms with Crippen molar-refractivity contribution in [3.63, 3.8) is 0 Å². The maximum atomic E-state index is 12.3. The van der Waals surface area contributed by atoms with Crippen molar-refractivity contribution < 1.29 is 19.2 Å². The molecule has 2 aromatic carbocycles. The first-order chi connectivity index (χ1) is 13.9. The number of nitrogens with zero attached hydrogens (tertiary/aromatic N) is 3. The average molecular weight is 394 g/mol. The molecule has 0 aliphatic heterocycles. The second kappa shape index (κ2) is 8.34. The fraction of sp³-hybridized carbons (Fsp3) is 0.150. The summed E-state index contributed by atoms with van der Waals surface area (Å²) >= 11 is 0. The van der Waals surface area contributed by atoms with E-state index in [-0.39, 0.29) is 11.3 Å².